The lowest BCUT2D eigenvalue weighted by Crippen LogP contribution is -2.21. The van der Waals surface area contributed by atoms with Gasteiger partial charge < -0.3 is 20.5 Å². The Bertz CT molecular complexity index is 771. The maximum Gasteiger partial charge on any atom is 0.265 e. The third-order valence-electron chi connectivity index (χ3n) is 4.09. The van der Waals surface area contributed by atoms with Crippen LogP contribution in [0.25, 0.3) is 5.70 Å². The Morgan fingerprint density at radius 1 is 1.23 bits per heavy atom. The highest BCUT2D eigenvalue weighted by atomic mass is 16.1. The average Bonchev–Trinajstić information content (AvgIpc) is 2.83. The van der Waals surface area contributed by atoms with E-state index in [1.807, 2.05) is 48.7 Å². The van der Waals surface area contributed by atoms with Gasteiger partial charge in [-0.2, -0.15) is 0 Å². The van der Waals surface area contributed by atoms with Gasteiger partial charge in [-0.25, -0.2) is 0 Å². The van der Waals surface area contributed by atoms with Crippen LogP contribution >= 0.6 is 0 Å². The van der Waals surface area contributed by atoms with Gasteiger partial charge in [0.15, 0.2) is 0 Å². The van der Waals surface area contributed by atoms with Crippen LogP contribution in [-0.2, 0) is 6.54 Å². The van der Waals surface area contributed by atoms with Crippen LogP contribution in [0.4, 0.5) is 5.69 Å². The van der Waals surface area contributed by atoms with Crippen molar-refractivity contribution in [3.63, 3.8) is 0 Å². The first-order valence-electron chi connectivity index (χ1n) is 7.23. The predicted octanol–water partition coefficient (Wildman–Crippen LogP) is 2.31. The number of aromatic nitrogens is 1. The van der Waals surface area contributed by atoms with Crippen molar-refractivity contribution in [3.8, 4) is 0 Å². The lowest BCUT2D eigenvalue weighted by Gasteiger charge is -2.22. The van der Waals surface area contributed by atoms with Crippen LogP contribution in [0, 0.1) is 0 Å². The number of allylic oxidation sites excluding steroid dienone is 1. The minimum atomic E-state index is -0.422. The highest BCUT2D eigenvalue weighted by Gasteiger charge is 2.24. The molecule has 0 atom stereocenters. The summed E-state index contributed by atoms with van der Waals surface area (Å²) in [6.45, 7) is 2.69. The zero-order valence-electron chi connectivity index (χ0n) is 13.1. The van der Waals surface area contributed by atoms with E-state index < -0.39 is 5.91 Å². The first kappa shape index (κ1) is 14.3. The van der Waals surface area contributed by atoms with Crippen LogP contribution in [0.2, 0.25) is 0 Å². The molecule has 5 nitrogen and oxygen atoms in total. The van der Waals surface area contributed by atoms with Crippen LogP contribution < -0.4 is 11.1 Å². The molecule has 114 valence electrons. The third-order valence-corrected chi connectivity index (χ3v) is 4.09. The van der Waals surface area contributed by atoms with Crippen molar-refractivity contribution in [1.29, 1.82) is 0 Å². The van der Waals surface area contributed by atoms with E-state index in [0.29, 0.717) is 12.2 Å². The number of carbonyl (C=O) groups excluding carboxylic acids is 1. The number of nitrogens with zero attached hydrogens (tertiary/aromatic N) is 2. The van der Waals surface area contributed by atoms with E-state index in [-0.39, 0.29) is 0 Å². The van der Waals surface area contributed by atoms with E-state index in [9.17, 15) is 4.79 Å². The van der Waals surface area contributed by atoms with E-state index in [4.69, 9.17) is 5.73 Å². The number of benzene rings is 1. The van der Waals surface area contributed by atoms with E-state index in [0.717, 1.165) is 28.3 Å². The Kier molecular flexibility index (Phi) is 3.41. The van der Waals surface area contributed by atoms with Crippen molar-refractivity contribution >= 4 is 17.3 Å². The number of carbonyl (C=O) groups is 1. The Hall–Kier alpha value is -2.69. The maximum atomic E-state index is 11.8. The Balaban J connectivity index is 2.38. The van der Waals surface area contributed by atoms with E-state index in [1.54, 1.807) is 6.07 Å². The average molecular weight is 296 g/mol. The predicted molar refractivity (Wildman–Crippen MR) is 88.4 cm³/mol. The van der Waals surface area contributed by atoms with Gasteiger partial charge in [0.1, 0.15) is 5.69 Å². The normalized spacial score (nSPS) is 15.2. The quantitative estimate of drug-likeness (QED) is 0.894. The molecule has 0 saturated heterocycles. The van der Waals surface area contributed by atoms with Crippen LogP contribution in [0.15, 0.2) is 42.1 Å². The molecule has 1 amide bonds. The minimum absolute atomic E-state index is 0.422. The van der Waals surface area contributed by atoms with E-state index in [1.165, 1.54) is 0 Å². The molecule has 1 aromatic carbocycles. The molecule has 2 heterocycles. The van der Waals surface area contributed by atoms with Crippen molar-refractivity contribution in [3.05, 3.63) is 59.0 Å². The fraction of sp³-hybridized carbons (Fsp3) is 0.235. The molecule has 1 aliphatic rings. The van der Waals surface area contributed by atoms with Crippen LogP contribution in [0.5, 0.6) is 0 Å². The zero-order valence-corrected chi connectivity index (χ0v) is 13.1. The zero-order chi connectivity index (χ0) is 15.9. The molecule has 2 aromatic rings. The van der Waals surface area contributed by atoms with Crippen LogP contribution in [-0.4, -0.2) is 29.5 Å². The summed E-state index contributed by atoms with van der Waals surface area (Å²) in [4.78, 5) is 13.9. The van der Waals surface area contributed by atoms with Gasteiger partial charge >= 0.3 is 0 Å². The monoisotopic (exact) mass is 296 g/mol. The van der Waals surface area contributed by atoms with Gasteiger partial charge in [0.05, 0.1) is 12.2 Å². The molecule has 0 spiro atoms. The first-order valence-corrected chi connectivity index (χ1v) is 7.23. The topological polar surface area (TPSA) is 63.3 Å². The number of anilines is 1. The van der Waals surface area contributed by atoms with Gasteiger partial charge in [-0.1, -0.05) is 18.2 Å². The lowest BCUT2D eigenvalue weighted by atomic mass is 10.1. The molecular weight excluding hydrogens is 276 g/mol. The van der Waals surface area contributed by atoms with Gasteiger partial charge in [-0.05, 0) is 25.1 Å². The fourth-order valence-electron chi connectivity index (χ4n) is 2.79. The highest BCUT2D eigenvalue weighted by molar-refractivity contribution is 5.94. The number of rotatable bonds is 2. The summed E-state index contributed by atoms with van der Waals surface area (Å²) >= 11 is 0. The first-order chi connectivity index (χ1) is 10.5. The summed E-state index contributed by atoms with van der Waals surface area (Å²) in [7, 11) is 3.99. The second kappa shape index (κ2) is 5.26. The number of fused-ring (bicyclic) bond motifs is 2. The number of para-hydroxylation sites is 1. The van der Waals surface area contributed by atoms with E-state index in [2.05, 4.69) is 17.4 Å². The summed E-state index contributed by atoms with van der Waals surface area (Å²) in [5, 5.41) is 3.43. The number of amides is 1. The van der Waals surface area contributed by atoms with Crippen LogP contribution in [0.3, 0.4) is 0 Å². The SMILES string of the molecule is C/C(=C1/c2ccccc2NCc2ccc(C(N)=O)n21)N(C)C. The van der Waals surface area contributed by atoms with Crippen molar-refractivity contribution in [2.24, 2.45) is 5.73 Å². The second-order valence-corrected chi connectivity index (χ2v) is 5.64. The number of hydrogen-bond donors (Lipinski definition) is 2. The molecule has 0 fully saturated rings. The van der Waals surface area contributed by atoms with Gasteiger partial charge in [0.2, 0.25) is 0 Å². The lowest BCUT2D eigenvalue weighted by molar-refractivity contribution is 0.0994. The van der Waals surface area contributed by atoms with Crippen molar-refractivity contribution in [2.45, 2.75) is 13.5 Å². The molecule has 0 radical (unpaired) electrons. The number of primary amides is 1. The Morgan fingerprint density at radius 3 is 2.64 bits per heavy atom. The summed E-state index contributed by atoms with van der Waals surface area (Å²) in [5.41, 5.74) is 11.3. The van der Waals surface area contributed by atoms with Gasteiger partial charge in [0.25, 0.3) is 5.91 Å². The fourth-order valence-corrected chi connectivity index (χ4v) is 2.79. The summed E-state index contributed by atoms with van der Waals surface area (Å²) in [5.74, 6) is -0.422. The summed E-state index contributed by atoms with van der Waals surface area (Å²) in [6, 6.07) is 11.9. The van der Waals surface area contributed by atoms with Crippen molar-refractivity contribution in [1.82, 2.24) is 9.47 Å². The molecule has 1 aromatic heterocycles. The molecule has 3 N–H and O–H groups in total. The standard InChI is InChI=1S/C17H20N4O/c1-11(20(2)3)16-13-6-4-5-7-14(13)19-10-12-8-9-15(17(18)22)21(12)16/h4-9,19H,10H2,1-3H3,(H2,18,22)/b16-11+. The molecule has 0 aliphatic carbocycles. The summed E-state index contributed by atoms with van der Waals surface area (Å²) in [6.07, 6.45) is 0. The molecule has 3 rings (SSSR count). The van der Waals surface area contributed by atoms with E-state index >= 15 is 0 Å². The Labute approximate surface area is 130 Å². The number of nitrogens with one attached hydrogen (secondary N) is 1. The molecule has 0 unspecified atom stereocenters. The molecule has 0 bridgehead atoms. The van der Waals surface area contributed by atoms with Gasteiger partial charge in [0, 0.05) is 36.7 Å². The molecule has 1 aliphatic heterocycles. The molecule has 0 saturated carbocycles. The third kappa shape index (κ3) is 2.15. The molecular formula is C17H20N4O. The van der Waals surface area contributed by atoms with Gasteiger partial charge in [-0.15, -0.1) is 0 Å². The Morgan fingerprint density at radius 2 is 1.95 bits per heavy atom. The summed E-state index contributed by atoms with van der Waals surface area (Å²) < 4.78 is 1.97. The number of hydrogen-bond acceptors (Lipinski definition) is 3. The van der Waals surface area contributed by atoms with Crippen LogP contribution in [0.1, 0.15) is 28.7 Å². The second-order valence-electron chi connectivity index (χ2n) is 5.64. The maximum absolute atomic E-state index is 11.8. The number of nitrogens with two attached hydrogens (primary N) is 1. The van der Waals surface area contributed by atoms with Crippen molar-refractivity contribution < 1.29 is 4.79 Å². The van der Waals surface area contributed by atoms with Crippen molar-refractivity contribution in [2.75, 3.05) is 19.4 Å². The molecule has 5 heteroatoms. The van der Waals surface area contributed by atoms with Gasteiger partial charge in [-0.3, -0.25) is 4.79 Å². The molecule has 22 heavy (non-hydrogen) atoms. The highest BCUT2D eigenvalue weighted by Crippen LogP contribution is 2.34. The smallest absolute Gasteiger partial charge is 0.265 e. The minimum Gasteiger partial charge on any atom is -0.379 e. The largest absolute Gasteiger partial charge is 0.379 e.